The molecular formula is C15H18N4O3. The lowest BCUT2D eigenvalue weighted by molar-refractivity contribution is 0.0742. The fourth-order valence-electron chi connectivity index (χ4n) is 2.48. The second-order valence-electron chi connectivity index (χ2n) is 5.83. The maximum absolute atomic E-state index is 5.63. The van der Waals surface area contributed by atoms with E-state index in [1.807, 2.05) is 0 Å². The van der Waals surface area contributed by atoms with E-state index in [2.05, 4.69) is 20.1 Å². The molecule has 1 unspecified atom stereocenters. The van der Waals surface area contributed by atoms with Gasteiger partial charge in [-0.25, -0.2) is 9.97 Å². The lowest BCUT2D eigenvalue weighted by atomic mass is 10.1. The van der Waals surface area contributed by atoms with E-state index in [4.69, 9.17) is 14.0 Å². The zero-order valence-corrected chi connectivity index (χ0v) is 12.3. The van der Waals surface area contributed by atoms with Gasteiger partial charge in [-0.15, -0.1) is 0 Å². The fraction of sp³-hybridized carbons (Fsp3) is 0.600. The molecule has 0 N–H and O–H groups in total. The van der Waals surface area contributed by atoms with E-state index < -0.39 is 0 Å². The molecule has 0 amide bonds. The van der Waals surface area contributed by atoms with Crippen molar-refractivity contribution in [1.29, 1.82) is 0 Å². The predicted molar refractivity (Wildman–Crippen MR) is 75.9 cm³/mol. The van der Waals surface area contributed by atoms with Crippen molar-refractivity contribution in [3.8, 4) is 11.6 Å². The van der Waals surface area contributed by atoms with E-state index in [9.17, 15) is 0 Å². The molecule has 0 bridgehead atoms. The summed E-state index contributed by atoms with van der Waals surface area (Å²) >= 11 is 0. The lowest BCUT2D eigenvalue weighted by Gasteiger charge is -2.06. The Balaban J connectivity index is 1.37. The number of hydrogen-bond acceptors (Lipinski definition) is 7. The molecule has 0 radical (unpaired) electrons. The molecular weight excluding hydrogens is 284 g/mol. The molecule has 0 aromatic carbocycles. The second-order valence-corrected chi connectivity index (χ2v) is 5.83. The van der Waals surface area contributed by atoms with Crippen molar-refractivity contribution in [2.75, 3.05) is 19.8 Å². The van der Waals surface area contributed by atoms with Crippen LogP contribution in [0.1, 0.15) is 36.8 Å². The van der Waals surface area contributed by atoms with Gasteiger partial charge in [0.25, 0.3) is 5.89 Å². The van der Waals surface area contributed by atoms with Crippen LogP contribution in [0.5, 0.6) is 0 Å². The second kappa shape index (κ2) is 6.10. The monoisotopic (exact) mass is 302 g/mol. The minimum atomic E-state index is 0.348. The van der Waals surface area contributed by atoms with Gasteiger partial charge in [-0.05, 0) is 25.3 Å². The summed E-state index contributed by atoms with van der Waals surface area (Å²) in [6, 6.07) is 1.79. The van der Waals surface area contributed by atoms with Gasteiger partial charge in [0.15, 0.2) is 5.82 Å². The van der Waals surface area contributed by atoms with Gasteiger partial charge in [0.05, 0.1) is 13.2 Å². The molecule has 0 spiro atoms. The molecule has 2 fully saturated rings. The van der Waals surface area contributed by atoms with Crippen molar-refractivity contribution in [3.05, 3.63) is 23.9 Å². The summed E-state index contributed by atoms with van der Waals surface area (Å²) in [5.41, 5.74) is 0.680. The summed E-state index contributed by atoms with van der Waals surface area (Å²) in [6.45, 7) is 2.63. The standard InChI is InChI=1S/C15H18N4O3/c1-2-11(1)14-16-5-3-12(17-14)15-18-13(19-22-15)9-21-8-10-4-6-20-7-10/h3,5,10-11H,1-2,4,6-9H2. The van der Waals surface area contributed by atoms with Crippen molar-refractivity contribution in [1.82, 2.24) is 20.1 Å². The SMILES string of the molecule is c1cc(-c2nc(COCC3CCOC3)no2)nc(C2CC2)n1. The first-order chi connectivity index (χ1) is 10.9. The third-order valence-electron chi connectivity index (χ3n) is 3.91. The molecule has 1 saturated heterocycles. The average Bonchev–Trinajstić information content (AvgIpc) is 3.07. The van der Waals surface area contributed by atoms with Gasteiger partial charge in [-0.2, -0.15) is 4.98 Å². The largest absolute Gasteiger partial charge is 0.381 e. The van der Waals surface area contributed by atoms with Crippen LogP contribution in [-0.2, 0) is 16.1 Å². The van der Waals surface area contributed by atoms with Crippen LogP contribution in [0.2, 0.25) is 0 Å². The summed E-state index contributed by atoms with van der Waals surface area (Å²) in [5, 5.41) is 3.94. The predicted octanol–water partition coefficient (Wildman–Crippen LogP) is 1.96. The summed E-state index contributed by atoms with van der Waals surface area (Å²) in [7, 11) is 0. The van der Waals surface area contributed by atoms with Crippen LogP contribution in [0.25, 0.3) is 11.6 Å². The van der Waals surface area contributed by atoms with Crippen LogP contribution in [0.3, 0.4) is 0 Å². The topological polar surface area (TPSA) is 83.2 Å². The van der Waals surface area contributed by atoms with Crippen LogP contribution in [0.15, 0.2) is 16.8 Å². The Kier molecular flexibility index (Phi) is 3.82. The minimum absolute atomic E-state index is 0.348. The first-order valence-electron chi connectivity index (χ1n) is 7.70. The molecule has 1 atom stereocenters. The highest BCUT2D eigenvalue weighted by atomic mass is 16.5. The third-order valence-corrected chi connectivity index (χ3v) is 3.91. The molecule has 22 heavy (non-hydrogen) atoms. The van der Waals surface area contributed by atoms with Gasteiger partial charge in [0.2, 0.25) is 0 Å². The van der Waals surface area contributed by atoms with Crippen LogP contribution >= 0.6 is 0 Å². The van der Waals surface area contributed by atoms with Crippen molar-refractivity contribution >= 4 is 0 Å². The lowest BCUT2D eigenvalue weighted by Crippen LogP contribution is -2.09. The number of nitrogens with zero attached hydrogens (tertiary/aromatic N) is 4. The van der Waals surface area contributed by atoms with Gasteiger partial charge < -0.3 is 14.0 Å². The van der Waals surface area contributed by atoms with Gasteiger partial charge in [0, 0.05) is 24.6 Å². The Morgan fingerprint density at radius 1 is 1.23 bits per heavy atom. The molecule has 4 rings (SSSR count). The molecule has 7 nitrogen and oxygen atoms in total. The highest BCUT2D eigenvalue weighted by Crippen LogP contribution is 2.38. The van der Waals surface area contributed by atoms with E-state index in [1.165, 1.54) is 0 Å². The zero-order valence-electron chi connectivity index (χ0n) is 12.3. The first-order valence-corrected chi connectivity index (χ1v) is 7.70. The van der Waals surface area contributed by atoms with Crippen LogP contribution in [0, 0.1) is 5.92 Å². The van der Waals surface area contributed by atoms with Crippen molar-refractivity contribution in [2.45, 2.75) is 31.8 Å². The molecule has 1 saturated carbocycles. The molecule has 116 valence electrons. The van der Waals surface area contributed by atoms with E-state index >= 15 is 0 Å². The van der Waals surface area contributed by atoms with Gasteiger partial charge >= 0.3 is 0 Å². The van der Waals surface area contributed by atoms with Crippen LogP contribution in [0.4, 0.5) is 0 Å². The molecule has 2 aromatic heterocycles. The molecule has 1 aliphatic carbocycles. The Morgan fingerprint density at radius 2 is 2.18 bits per heavy atom. The smallest absolute Gasteiger partial charge is 0.276 e. The summed E-state index contributed by atoms with van der Waals surface area (Å²) < 4.78 is 16.2. The van der Waals surface area contributed by atoms with Crippen molar-refractivity contribution in [2.24, 2.45) is 5.92 Å². The molecule has 3 heterocycles. The number of aromatic nitrogens is 4. The third kappa shape index (κ3) is 3.15. The van der Waals surface area contributed by atoms with Crippen molar-refractivity contribution in [3.63, 3.8) is 0 Å². The normalized spacial score (nSPS) is 21.4. The maximum atomic E-state index is 5.63. The maximum Gasteiger partial charge on any atom is 0.276 e. The molecule has 1 aliphatic heterocycles. The van der Waals surface area contributed by atoms with Crippen LogP contribution < -0.4 is 0 Å². The van der Waals surface area contributed by atoms with Gasteiger partial charge in [-0.1, -0.05) is 5.16 Å². The molecule has 2 aliphatic rings. The van der Waals surface area contributed by atoms with E-state index in [0.717, 1.165) is 38.3 Å². The number of hydrogen-bond donors (Lipinski definition) is 0. The zero-order chi connectivity index (χ0) is 14.8. The minimum Gasteiger partial charge on any atom is -0.381 e. The van der Waals surface area contributed by atoms with E-state index in [-0.39, 0.29) is 0 Å². The van der Waals surface area contributed by atoms with Crippen LogP contribution in [-0.4, -0.2) is 39.9 Å². The van der Waals surface area contributed by atoms with Crippen molar-refractivity contribution < 1.29 is 14.0 Å². The Bertz CT molecular complexity index is 635. The quantitative estimate of drug-likeness (QED) is 0.806. The summed E-state index contributed by atoms with van der Waals surface area (Å²) in [5.74, 6) is 2.82. The Hall–Kier alpha value is -1.86. The number of ether oxygens (including phenoxy) is 2. The fourth-order valence-corrected chi connectivity index (χ4v) is 2.48. The van der Waals surface area contributed by atoms with E-state index in [0.29, 0.717) is 42.5 Å². The summed E-state index contributed by atoms with van der Waals surface area (Å²) in [4.78, 5) is 13.1. The average molecular weight is 302 g/mol. The summed E-state index contributed by atoms with van der Waals surface area (Å²) in [6.07, 6.45) is 5.13. The first kappa shape index (κ1) is 13.8. The molecule has 2 aromatic rings. The van der Waals surface area contributed by atoms with E-state index in [1.54, 1.807) is 12.3 Å². The van der Waals surface area contributed by atoms with Gasteiger partial charge in [-0.3, -0.25) is 0 Å². The Morgan fingerprint density at radius 3 is 3.00 bits per heavy atom. The highest BCUT2D eigenvalue weighted by Gasteiger charge is 2.27. The Labute approximate surface area is 128 Å². The number of rotatable bonds is 6. The molecule has 7 heteroatoms. The van der Waals surface area contributed by atoms with Gasteiger partial charge in [0.1, 0.15) is 18.1 Å². The highest BCUT2D eigenvalue weighted by molar-refractivity contribution is 5.45.